The Morgan fingerprint density at radius 2 is 1.75 bits per heavy atom. The standard InChI is InChI=1S/C22H18N4O2/c1-14-3-4-17(22-26-24-13-28-22)11-20(14)16-5-7-18(8-6-16)25-21(27)19-9-10-23-12-15(19)2/h3-13H,1-2H3,(H,25,27). The van der Waals surface area contributed by atoms with E-state index in [2.05, 4.69) is 27.4 Å². The van der Waals surface area contributed by atoms with Crippen molar-refractivity contribution in [2.24, 2.45) is 0 Å². The van der Waals surface area contributed by atoms with Gasteiger partial charge in [0.15, 0.2) is 0 Å². The number of carbonyl (C=O) groups is 1. The summed E-state index contributed by atoms with van der Waals surface area (Å²) in [5.74, 6) is 0.333. The Morgan fingerprint density at radius 1 is 0.964 bits per heavy atom. The summed E-state index contributed by atoms with van der Waals surface area (Å²) in [5, 5.41) is 10.6. The Morgan fingerprint density at radius 3 is 2.46 bits per heavy atom. The third-order valence-corrected chi connectivity index (χ3v) is 4.56. The van der Waals surface area contributed by atoms with Gasteiger partial charge in [-0.2, -0.15) is 0 Å². The molecule has 0 unspecified atom stereocenters. The molecule has 2 heterocycles. The monoisotopic (exact) mass is 370 g/mol. The van der Waals surface area contributed by atoms with Gasteiger partial charge in [-0.1, -0.05) is 18.2 Å². The van der Waals surface area contributed by atoms with E-state index in [1.165, 1.54) is 6.39 Å². The van der Waals surface area contributed by atoms with E-state index in [4.69, 9.17) is 4.42 Å². The van der Waals surface area contributed by atoms with Crippen LogP contribution in [0.25, 0.3) is 22.6 Å². The third kappa shape index (κ3) is 3.53. The summed E-state index contributed by atoms with van der Waals surface area (Å²) in [6, 6.07) is 15.5. The molecule has 4 rings (SSSR count). The SMILES string of the molecule is Cc1cnccc1C(=O)Nc1ccc(-c2cc(-c3nnco3)ccc2C)cc1. The lowest BCUT2D eigenvalue weighted by molar-refractivity contribution is 0.102. The van der Waals surface area contributed by atoms with Gasteiger partial charge < -0.3 is 9.73 Å². The molecule has 6 nitrogen and oxygen atoms in total. The number of carbonyl (C=O) groups excluding carboxylic acids is 1. The van der Waals surface area contributed by atoms with Gasteiger partial charge in [0.25, 0.3) is 5.91 Å². The molecule has 6 heteroatoms. The zero-order chi connectivity index (χ0) is 19.5. The summed E-state index contributed by atoms with van der Waals surface area (Å²) < 4.78 is 5.29. The summed E-state index contributed by atoms with van der Waals surface area (Å²) in [6.45, 7) is 3.92. The van der Waals surface area contributed by atoms with E-state index in [9.17, 15) is 4.79 Å². The molecule has 0 radical (unpaired) electrons. The molecule has 0 fully saturated rings. The van der Waals surface area contributed by atoms with Crippen LogP contribution < -0.4 is 5.32 Å². The zero-order valence-electron chi connectivity index (χ0n) is 15.5. The number of benzene rings is 2. The summed E-state index contributed by atoms with van der Waals surface area (Å²) >= 11 is 0. The fourth-order valence-corrected chi connectivity index (χ4v) is 3.02. The molecule has 138 valence electrons. The molecule has 0 aliphatic carbocycles. The number of aryl methyl sites for hydroxylation is 2. The number of rotatable bonds is 4. The normalized spacial score (nSPS) is 10.6. The number of hydrogen-bond donors (Lipinski definition) is 1. The minimum atomic E-state index is -0.151. The van der Waals surface area contributed by atoms with Crippen LogP contribution in [0.5, 0.6) is 0 Å². The van der Waals surface area contributed by atoms with Gasteiger partial charge in [0.1, 0.15) is 0 Å². The van der Waals surface area contributed by atoms with Crippen LogP contribution in [0.3, 0.4) is 0 Å². The van der Waals surface area contributed by atoms with Crippen LogP contribution in [-0.4, -0.2) is 21.1 Å². The molecule has 0 saturated carbocycles. The van der Waals surface area contributed by atoms with Gasteiger partial charge in [-0.25, -0.2) is 0 Å². The summed E-state index contributed by atoms with van der Waals surface area (Å²) in [5.41, 5.74) is 6.29. The molecular weight excluding hydrogens is 352 g/mol. The van der Waals surface area contributed by atoms with Crippen LogP contribution in [0.1, 0.15) is 21.5 Å². The largest absolute Gasteiger partial charge is 0.423 e. The predicted octanol–water partition coefficient (Wildman–Crippen LogP) is 4.67. The Hall–Kier alpha value is -3.80. The number of nitrogens with one attached hydrogen (secondary N) is 1. The Kier molecular flexibility index (Phi) is 4.68. The van der Waals surface area contributed by atoms with Crippen LogP contribution in [0.4, 0.5) is 5.69 Å². The lowest BCUT2D eigenvalue weighted by Gasteiger charge is -2.10. The molecular formula is C22H18N4O2. The van der Waals surface area contributed by atoms with Crippen molar-refractivity contribution in [2.75, 3.05) is 5.32 Å². The molecule has 0 spiro atoms. The topological polar surface area (TPSA) is 80.9 Å². The van der Waals surface area contributed by atoms with Gasteiger partial charge in [0.05, 0.1) is 0 Å². The second-order valence-electron chi connectivity index (χ2n) is 6.50. The highest BCUT2D eigenvalue weighted by molar-refractivity contribution is 6.05. The fraction of sp³-hybridized carbons (Fsp3) is 0.0909. The highest BCUT2D eigenvalue weighted by Crippen LogP contribution is 2.29. The molecule has 0 bridgehead atoms. The first-order chi connectivity index (χ1) is 13.6. The van der Waals surface area contributed by atoms with Crippen LogP contribution >= 0.6 is 0 Å². The molecule has 0 aliphatic heterocycles. The first-order valence-corrected chi connectivity index (χ1v) is 8.81. The molecule has 0 aliphatic rings. The highest BCUT2D eigenvalue weighted by atomic mass is 16.4. The van der Waals surface area contributed by atoms with Gasteiger partial charge in [-0.3, -0.25) is 9.78 Å². The molecule has 1 N–H and O–H groups in total. The van der Waals surface area contributed by atoms with E-state index in [0.29, 0.717) is 11.5 Å². The number of aromatic nitrogens is 3. The van der Waals surface area contributed by atoms with Crippen LogP contribution in [0.15, 0.2) is 71.7 Å². The van der Waals surface area contributed by atoms with Gasteiger partial charge in [-0.15, -0.1) is 10.2 Å². The number of hydrogen-bond acceptors (Lipinski definition) is 5. The highest BCUT2D eigenvalue weighted by Gasteiger charge is 2.11. The van der Waals surface area contributed by atoms with Crippen molar-refractivity contribution in [3.63, 3.8) is 0 Å². The Bertz CT molecular complexity index is 1120. The lowest BCUT2D eigenvalue weighted by Crippen LogP contribution is -2.13. The molecule has 1 amide bonds. The number of nitrogens with zero attached hydrogens (tertiary/aromatic N) is 3. The molecule has 2 aromatic heterocycles. The molecule has 4 aromatic rings. The summed E-state index contributed by atoms with van der Waals surface area (Å²) in [4.78, 5) is 16.5. The summed E-state index contributed by atoms with van der Waals surface area (Å²) in [6.07, 6.45) is 4.61. The predicted molar refractivity (Wildman–Crippen MR) is 107 cm³/mol. The minimum absolute atomic E-state index is 0.151. The van der Waals surface area contributed by atoms with E-state index in [1.807, 2.05) is 49.4 Å². The van der Waals surface area contributed by atoms with E-state index < -0.39 is 0 Å². The zero-order valence-corrected chi connectivity index (χ0v) is 15.5. The smallest absolute Gasteiger partial charge is 0.256 e. The van der Waals surface area contributed by atoms with Gasteiger partial charge in [0.2, 0.25) is 12.3 Å². The Balaban J connectivity index is 1.58. The first-order valence-electron chi connectivity index (χ1n) is 8.81. The van der Waals surface area contributed by atoms with Crippen molar-refractivity contribution in [1.29, 1.82) is 0 Å². The van der Waals surface area contributed by atoms with E-state index in [0.717, 1.165) is 33.5 Å². The van der Waals surface area contributed by atoms with Crippen molar-refractivity contribution in [3.8, 4) is 22.6 Å². The van der Waals surface area contributed by atoms with Crippen LogP contribution in [0, 0.1) is 13.8 Å². The molecule has 0 atom stereocenters. The minimum Gasteiger partial charge on any atom is -0.423 e. The molecule has 28 heavy (non-hydrogen) atoms. The lowest BCUT2D eigenvalue weighted by atomic mass is 9.98. The quantitative estimate of drug-likeness (QED) is 0.565. The average molecular weight is 370 g/mol. The number of amides is 1. The van der Waals surface area contributed by atoms with Crippen molar-refractivity contribution >= 4 is 11.6 Å². The van der Waals surface area contributed by atoms with E-state index >= 15 is 0 Å². The van der Waals surface area contributed by atoms with Crippen molar-refractivity contribution in [3.05, 3.63) is 84.0 Å². The van der Waals surface area contributed by atoms with E-state index in [1.54, 1.807) is 18.5 Å². The maximum Gasteiger partial charge on any atom is 0.256 e. The van der Waals surface area contributed by atoms with E-state index in [-0.39, 0.29) is 5.91 Å². The average Bonchev–Trinajstić information content (AvgIpc) is 3.24. The maximum absolute atomic E-state index is 12.5. The fourth-order valence-electron chi connectivity index (χ4n) is 3.02. The van der Waals surface area contributed by atoms with Gasteiger partial charge in [-0.05, 0) is 66.4 Å². The van der Waals surface area contributed by atoms with Crippen molar-refractivity contribution in [2.45, 2.75) is 13.8 Å². The molecule has 2 aromatic carbocycles. The van der Waals surface area contributed by atoms with Crippen molar-refractivity contribution in [1.82, 2.24) is 15.2 Å². The third-order valence-electron chi connectivity index (χ3n) is 4.56. The van der Waals surface area contributed by atoms with Crippen LogP contribution in [-0.2, 0) is 0 Å². The second kappa shape index (κ2) is 7.44. The van der Waals surface area contributed by atoms with Gasteiger partial charge >= 0.3 is 0 Å². The second-order valence-corrected chi connectivity index (χ2v) is 6.50. The van der Waals surface area contributed by atoms with Gasteiger partial charge in [0, 0.05) is 29.2 Å². The van der Waals surface area contributed by atoms with Crippen LogP contribution in [0.2, 0.25) is 0 Å². The maximum atomic E-state index is 12.5. The Labute approximate surface area is 162 Å². The first kappa shape index (κ1) is 17.6. The molecule has 0 saturated heterocycles. The summed E-state index contributed by atoms with van der Waals surface area (Å²) in [7, 11) is 0. The number of anilines is 1. The van der Waals surface area contributed by atoms with Crippen molar-refractivity contribution < 1.29 is 9.21 Å². The number of pyridine rings is 1.